The molecule has 0 bridgehead atoms. The van der Waals surface area contributed by atoms with Crippen LogP contribution in [0.2, 0.25) is 0 Å². The van der Waals surface area contributed by atoms with Crippen molar-refractivity contribution < 1.29 is 9.59 Å². The van der Waals surface area contributed by atoms with E-state index >= 15 is 0 Å². The molecule has 4 rings (SSSR count). The summed E-state index contributed by atoms with van der Waals surface area (Å²) < 4.78 is 0. The van der Waals surface area contributed by atoms with Crippen molar-refractivity contribution in [2.45, 2.75) is 77.7 Å². The van der Waals surface area contributed by atoms with Crippen LogP contribution >= 0.6 is 0 Å². The summed E-state index contributed by atoms with van der Waals surface area (Å²) in [4.78, 5) is 31.7. The fraction of sp³-hybridized carbons (Fsp3) is 0.708. The maximum Gasteiger partial charge on any atom is 0.224 e. The molecule has 1 N–H and O–H groups in total. The molecule has 2 amide bonds. The van der Waals surface area contributed by atoms with Crippen molar-refractivity contribution in [1.82, 2.24) is 15.2 Å². The monoisotopic (exact) mass is 397 g/mol. The molecule has 2 saturated carbocycles. The highest BCUT2D eigenvalue weighted by atomic mass is 16.2. The largest absolute Gasteiger partial charge is 0.350 e. The number of rotatable bonds is 6. The Morgan fingerprint density at radius 1 is 1.17 bits per heavy atom. The molecule has 158 valence electrons. The SMILES string of the molecule is Cc1cccc(CNC(=O)[C@H]2CC23CCN(C(=O)CCC2CCCCC2)CC3)n1. The van der Waals surface area contributed by atoms with Crippen LogP contribution in [0.4, 0.5) is 0 Å². The average Bonchev–Trinajstić information content (AvgIpc) is 3.45. The third-order valence-electron chi connectivity index (χ3n) is 7.50. The van der Waals surface area contributed by atoms with Crippen molar-refractivity contribution in [1.29, 1.82) is 0 Å². The lowest BCUT2D eigenvalue weighted by atomic mass is 9.85. The second kappa shape index (κ2) is 8.85. The molecule has 3 fully saturated rings. The Kier molecular flexibility index (Phi) is 6.21. The van der Waals surface area contributed by atoms with Gasteiger partial charge in [0, 0.05) is 31.1 Å². The number of nitrogens with one attached hydrogen (secondary N) is 1. The molecule has 0 aromatic carbocycles. The first kappa shape index (κ1) is 20.4. The molecule has 2 heterocycles. The van der Waals surface area contributed by atoms with Crippen molar-refractivity contribution in [3.63, 3.8) is 0 Å². The summed E-state index contributed by atoms with van der Waals surface area (Å²) in [6.07, 6.45) is 11.4. The Bertz CT molecular complexity index is 733. The quantitative estimate of drug-likeness (QED) is 0.789. The fourth-order valence-electron chi connectivity index (χ4n) is 5.43. The van der Waals surface area contributed by atoms with Crippen LogP contribution in [-0.2, 0) is 16.1 Å². The summed E-state index contributed by atoms with van der Waals surface area (Å²) in [5.74, 6) is 1.37. The van der Waals surface area contributed by atoms with Gasteiger partial charge in [-0.15, -0.1) is 0 Å². The van der Waals surface area contributed by atoms with Gasteiger partial charge < -0.3 is 10.2 Å². The number of likely N-dealkylation sites (tertiary alicyclic amines) is 1. The number of amides is 2. The molecule has 1 aromatic heterocycles. The second-order valence-electron chi connectivity index (χ2n) is 9.53. The molecule has 1 aromatic rings. The van der Waals surface area contributed by atoms with E-state index in [1.807, 2.05) is 25.1 Å². The minimum atomic E-state index is 0.117. The molecule has 2 aliphatic carbocycles. The Labute approximate surface area is 174 Å². The molecule has 1 saturated heterocycles. The van der Waals surface area contributed by atoms with Gasteiger partial charge >= 0.3 is 0 Å². The van der Waals surface area contributed by atoms with Crippen LogP contribution in [-0.4, -0.2) is 34.8 Å². The van der Waals surface area contributed by atoms with Gasteiger partial charge in [-0.25, -0.2) is 0 Å². The zero-order valence-electron chi connectivity index (χ0n) is 17.8. The fourth-order valence-corrected chi connectivity index (χ4v) is 5.43. The van der Waals surface area contributed by atoms with Crippen molar-refractivity contribution in [2.75, 3.05) is 13.1 Å². The maximum absolute atomic E-state index is 12.6. The van der Waals surface area contributed by atoms with Gasteiger partial charge in [0.15, 0.2) is 0 Å². The first-order valence-electron chi connectivity index (χ1n) is 11.5. The predicted molar refractivity (Wildman–Crippen MR) is 113 cm³/mol. The van der Waals surface area contributed by atoms with E-state index in [0.717, 1.165) is 56.1 Å². The standard InChI is InChI=1S/C24H35N3O2/c1-18-6-5-9-20(26-18)17-25-23(29)21-16-24(21)12-14-27(15-13-24)22(28)11-10-19-7-3-2-4-8-19/h5-6,9,19,21H,2-4,7-8,10-17H2,1H3,(H,25,29)/t21-/m1/s1. The first-order chi connectivity index (χ1) is 14.1. The van der Waals surface area contributed by atoms with Gasteiger partial charge in [0.05, 0.1) is 12.2 Å². The molecule has 5 nitrogen and oxygen atoms in total. The lowest BCUT2D eigenvalue weighted by molar-refractivity contribution is -0.133. The predicted octanol–water partition coefficient (Wildman–Crippen LogP) is 4.00. The van der Waals surface area contributed by atoms with E-state index < -0.39 is 0 Å². The van der Waals surface area contributed by atoms with Crippen LogP contribution in [0.5, 0.6) is 0 Å². The number of carbonyl (C=O) groups is 2. The number of hydrogen-bond donors (Lipinski definition) is 1. The summed E-state index contributed by atoms with van der Waals surface area (Å²) in [5.41, 5.74) is 2.02. The Morgan fingerprint density at radius 3 is 2.66 bits per heavy atom. The first-order valence-corrected chi connectivity index (χ1v) is 11.5. The summed E-state index contributed by atoms with van der Waals surface area (Å²) >= 11 is 0. The van der Waals surface area contributed by atoms with Crippen molar-refractivity contribution >= 4 is 11.8 Å². The molecular formula is C24H35N3O2. The highest BCUT2D eigenvalue weighted by Gasteiger charge is 2.58. The van der Waals surface area contributed by atoms with Gasteiger partial charge in [-0.1, -0.05) is 38.2 Å². The van der Waals surface area contributed by atoms with Gasteiger partial charge in [0.1, 0.15) is 0 Å². The number of pyridine rings is 1. The van der Waals surface area contributed by atoms with E-state index in [0.29, 0.717) is 18.9 Å². The summed E-state index contributed by atoms with van der Waals surface area (Å²) in [7, 11) is 0. The van der Waals surface area contributed by atoms with Gasteiger partial charge in [-0.3, -0.25) is 14.6 Å². The number of aromatic nitrogens is 1. The number of nitrogens with zero attached hydrogens (tertiary/aromatic N) is 2. The molecule has 1 spiro atoms. The van der Waals surface area contributed by atoms with E-state index in [2.05, 4.69) is 15.2 Å². The molecule has 0 unspecified atom stereocenters. The lowest BCUT2D eigenvalue weighted by Gasteiger charge is -2.33. The Hall–Kier alpha value is -1.91. The van der Waals surface area contributed by atoms with Crippen LogP contribution in [0.25, 0.3) is 0 Å². The second-order valence-corrected chi connectivity index (χ2v) is 9.53. The number of aryl methyl sites for hydroxylation is 1. The Morgan fingerprint density at radius 2 is 1.93 bits per heavy atom. The van der Waals surface area contributed by atoms with Crippen LogP contribution in [0.1, 0.15) is 75.6 Å². The Balaban J connectivity index is 1.18. The van der Waals surface area contributed by atoms with Gasteiger partial charge in [-0.2, -0.15) is 0 Å². The molecule has 1 aliphatic heterocycles. The van der Waals surface area contributed by atoms with Crippen molar-refractivity contribution in [3.8, 4) is 0 Å². The minimum Gasteiger partial charge on any atom is -0.350 e. The molecular weight excluding hydrogens is 362 g/mol. The molecule has 0 radical (unpaired) electrons. The van der Waals surface area contributed by atoms with Gasteiger partial charge in [0.25, 0.3) is 0 Å². The van der Waals surface area contributed by atoms with Crippen LogP contribution in [0.15, 0.2) is 18.2 Å². The van der Waals surface area contributed by atoms with Crippen LogP contribution in [0.3, 0.4) is 0 Å². The summed E-state index contributed by atoms with van der Waals surface area (Å²) in [5, 5.41) is 3.07. The summed E-state index contributed by atoms with van der Waals surface area (Å²) in [6.45, 7) is 4.11. The molecule has 1 atom stereocenters. The topological polar surface area (TPSA) is 62.3 Å². The maximum atomic E-state index is 12.6. The van der Waals surface area contributed by atoms with Crippen LogP contribution in [0, 0.1) is 24.2 Å². The lowest BCUT2D eigenvalue weighted by Crippen LogP contribution is -2.40. The van der Waals surface area contributed by atoms with Gasteiger partial charge in [0.2, 0.25) is 11.8 Å². The molecule has 3 aliphatic rings. The molecule has 5 heteroatoms. The number of hydrogen-bond acceptors (Lipinski definition) is 3. The highest BCUT2D eigenvalue weighted by Crippen LogP contribution is 2.59. The number of carbonyl (C=O) groups excluding carboxylic acids is 2. The van der Waals surface area contributed by atoms with Crippen molar-refractivity contribution in [3.05, 3.63) is 29.6 Å². The van der Waals surface area contributed by atoms with E-state index in [1.54, 1.807) is 0 Å². The van der Waals surface area contributed by atoms with E-state index in [-0.39, 0.29) is 17.2 Å². The van der Waals surface area contributed by atoms with E-state index in [9.17, 15) is 9.59 Å². The third-order valence-corrected chi connectivity index (χ3v) is 7.50. The number of piperidine rings is 1. The van der Waals surface area contributed by atoms with Crippen molar-refractivity contribution in [2.24, 2.45) is 17.3 Å². The summed E-state index contributed by atoms with van der Waals surface area (Å²) in [6, 6.07) is 5.89. The zero-order chi connectivity index (χ0) is 20.3. The zero-order valence-corrected chi connectivity index (χ0v) is 17.8. The molecule has 29 heavy (non-hydrogen) atoms. The third kappa shape index (κ3) is 4.99. The minimum absolute atomic E-state index is 0.117. The average molecular weight is 398 g/mol. The smallest absolute Gasteiger partial charge is 0.224 e. The van der Waals surface area contributed by atoms with E-state index in [4.69, 9.17) is 0 Å². The highest BCUT2D eigenvalue weighted by molar-refractivity contribution is 5.82. The van der Waals surface area contributed by atoms with Crippen LogP contribution < -0.4 is 5.32 Å². The van der Waals surface area contributed by atoms with Gasteiger partial charge in [-0.05, 0) is 56.1 Å². The normalized spacial score (nSPS) is 23.8. The van der Waals surface area contributed by atoms with E-state index in [1.165, 1.54) is 32.1 Å².